The maximum absolute atomic E-state index is 8.70. The molecule has 0 spiro atoms. The highest BCUT2D eigenvalue weighted by Crippen LogP contribution is 2.12. The van der Waals surface area contributed by atoms with Crippen molar-refractivity contribution >= 4 is 0 Å². The fourth-order valence-electron chi connectivity index (χ4n) is 2.12. The van der Waals surface area contributed by atoms with Gasteiger partial charge in [-0.3, -0.25) is 0 Å². The van der Waals surface area contributed by atoms with Crippen LogP contribution in [-0.2, 0) is 12.8 Å². The van der Waals surface area contributed by atoms with Crippen LogP contribution in [0, 0.1) is 0 Å². The minimum absolute atomic E-state index is 0.340. The largest absolute Gasteiger partial charge is 0.396 e. The minimum atomic E-state index is 0.340. The van der Waals surface area contributed by atoms with Gasteiger partial charge in [0.15, 0.2) is 0 Å². The summed E-state index contributed by atoms with van der Waals surface area (Å²) in [5, 5.41) is 8.70. The van der Waals surface area contributed by atoms with E-state index in [-0.39, 0.29) is 0 Å². The lowest BCUT2D eigenvalue weighted by molar-refractivity contribution is 0.282. The van der Waals surface area contributed by atoms with Gasteiger partial charge in [0, 0.05) is 6.61 Å². The summed E-state index contributed by atoms with van der Waals surface area (Å²) in [4.78, 5) is 0. The van der Waals surface area contributed by atoms with Crippen molar-refractivity contribution in [3.05, 3.63) is 35.4 Å². The number of aliphatic hydroxyl groups is 1. The predicted octanol–water partition coefficient (Wildman–Crippen LogP) is 4.12. The second-order valence-corrected chi connectivity index (χ2v) is 4.81. The Morgan fingerprint density at radius 2 is 1.53 bits per heavy atom. The van der Waals surface area contributed by atoms with Gasteiger partial charge in [-0.25, -0.2) is 0 Å². The van der Waals surface area contributed by atoms with Crippen molar-refractivity contribution in [1.29, 1.82) is 0 Å². The molecule has 0 saturated heterocycles. The summed E-state index contributed by atoms with van der Waals surface area (Å²) in [6.45, 7) is 2.58. The fraction of sp³-hybridized carbons (Fsp3) is 0.625. The van der Waals surface area contributed by atoms with E-state index >= 15 is 0 Å². The Bertz CT molecular complexity index is 293. The molecule has 0 radical (unpaired) electrons. The van der Waals surface area contributed by atoms with E-state index in [2.05, 4.69) is 31.2 Å². The van der Waals surface area contributed by atoms with Gasteiger partial charge in [-0.05, 0) is 43.2 Å². The van der Waals surface area contributed by atoms with E-state index < -0.39 is 0 Å². The second kappa shape index (κ2) is 9.23. The minimum Gasteiger partial charge on any atom is -0.396 e. The van der Waals surface area contributed by atoms with Gasteiger partial charge < -0.3 is 5.11 Å². The van der Waals surface area contributed by atoms with Crippen LogP contribution in [0.15, 0.2) is 24.3 Å². The Hall–Kier alpha value is -0.820. The van der Waals surface area contributed by atoms with Crippen LogP contribution in [0.25, 0.3) is 0 Å². The Morgan fingerprint density at radius 3 is 2.18 bits per heavy atom. The molecule has 0 aromatic heterocycles. The van der Waals surface area contributed by atoms with Gasteiger partial charge >= 0.3 is 0 Å². The van der Waals surface area contributed by atoms with Gasteiger partial charge in [0.05, 0.1) is 0 Å². The summed E-state index contributed by atoms with van der Waals surface area (Å²) >= 11 is 0. The molecule has 0 saturated carbocycles. The Kier molecular flexibility index (Phi) is 7.74. The van der Waals surface area contributed by atoms with Crippen molar-refractivity contribution in [3.8, 4) is 0 Å². The highest BCUT2D eigenvalue weighted by atomic mass is 16.2. The van der Waals surface area contributed by atoms with E-state index in [1.807, 2.05) is 0 Å². The molecule has 1 rings (SSSR count). The molecule has 0 amide bonds. The number of rotatable bonds is 9. The van der Waals surface area contributed by atoms with Crippen molar-refractivity contribution < 1.29 is 5.11 Å². The molecule has 1 aromatic carbocycles. The number of hydrogen-bond donors (Lipinski definition) is 1. The Morgan fingerprint density at radius 1 is 0.882 bits per heavy atom. The molecular weight excluding hydrogens is 208 g/mol. The smallest absolute Gasteiger partial charge is 0.0431 e. The van der Waals surface area contributed by atoms with Crippen LogP contribution in [0.4, 0.5) is 0 Å². The Labute approximate surface area is 106 Å². The molecule has 1 nitrogen and oxygen atoms in total. The van der Waals surface area contributed by atoms with Gasteiger partial charge in [-0.15, -0.1) is 0 Å². The summed E-state index contributed by atoms with van der Waals surface area (Å²) < 4.78 is 0. The van der Waals surface area contributed by atoms with Crippen molar-refractivity contribution in [3.63, 3.8) is 0 Å². The van der Waals surface area contributed by atoms with E-state index in [4.69, 9.17) is 5.11 Å². The molecule has 0 aliphatic rings. The maximum Gasteiger partial charge on any atom is 0.0431 e. The average molecular weight is 234 g/mol. The summed E-state index contributed by atoms with van der Waals surface area (Å²) in [7, 11) is 0. The SMILES string of the molecule is CCCCc1cccc(CCCCCCO)c1. The molecule has 0 fully saturated rings. The molecule has 0 aliphatic heterocycles. The van der Waals surface area contributed by atoms with Crippen molar-refractivity contribution in [1.82, 2.24) is 0 Å². The first-order valence-corrected chi connectivity index (χ1v) is 7.05. The number of aliphatic hydroxyl groups excluding tert-OH is 1. The average Bonchev–Trinajstić information content (AvgIpc) is 2.37. The molecule has 1 aromatic rings. The summed E-state index contributed by atoms with van der Waals surface area (Å²) in [5.74, 6) is 0. The molecular formula is C16H26O. The normalized spacial score (nSPS) is 10.7. The van der Waals surface area contributed by atoms with Gasteiger partial charge in [-0.2, -0.15) is 0 Å². The van der Waals surface area contributed by atoms with Gasteiger partial charge in [0.1, 0.15) is 0 Å². The number of hydrogen-bond acceptors (Lipinski definition) is 1. The molecule has 96 valence electrons. The van der Waals surface area contributed by atoms with E-state index in [0.29, 0.717) is 6.61 Å². The molecule has 0 aliphatic carbocycles. The maximum atomic E-state index is 8.70. The lowest BCUT2D eigenvalue weighted by Gasteiger charge is -2.05. The highest BCUT2D eigenvalue weighted by Gasteiger charge is 1.97. The zero-order valence-electron chi connectivity index (χ0n) is 11.1. The van der Waals surface area contributed by atoms with E-state index in [9.17, 15) is 0 Å². The molecule has 0 bridgehead atoms. The first-order chi connectivity index (χ1) is 8.36. The van der Waals surface area contributed by atoms with Crippen LogP contribution >= 0.6 is 0 Å². The van der Waals surface area contributed by atoms with Gasteiger partial charge in [-0.1, -0.05) is 50.5 Å². The van der Waals surface area contributed by atoms with Crippen molar-refractivity contribution in [2.24, 2.45) is 0 Å². The van der Waals surface area contributed by atoms with Gasteiger partial charge in [0.2, 0.25) is 0 Å². The molecule has 0 atom stereocenters. The topological polar surface area (TPSA) is 20.2 Å². The molecule has 1 heteroatoms. The lowest BCUT2D eigenvalue weighted by Crippen LogP contribution is -1.90. The predicted molar refractivity (Wildman–Crippen MR) is 74.3 cm³/mol. The van der Waals surface area contributed by atoms with Crippen LogP contribution in [0.3, 0.4) is 0 Å². The van der Waals surface area contributed by atoms with Crippen LogP contribution in [-0.4, -0.2) is 11.7 Å². The first kappa shape index (κ1) is 14.2. The van der Waals surface area contributed by atoms with Crippen LogP contribution in [0.2, 0.25) is 0 Å². The fourth-order valence-corrected chi connectivity index (χ4v) is 2.12. The highest BCUT2D eigenvalue weighted by molar-refractivity contribution is 5.23. The van der Waals surface area contributed by atoms with E-state index in [0.717, 1.165) is 12.8 Å². The second-order valence-electron chi connectivity index (χ2n) is 4.81. The molecule has 1 N–H and O–H groups in total. The first-order valence-electron chi connectivity index (χ1n) is 7.05. The zero-order chi connectivity index (χ0) is 12.3. The van der Waals surface area contributed by atoms with Gasteiger partial charge in [0.25, 0.3) is 0 Å². The molecule has 0 unspecified atom stereocenters. The summed E-state index contributed by atoms with van der Waals surface area (Å²) in [5.41, 5.74) is 2.96. The third-order valence-electron chi connectivity index (χ3n) is 3.18. The zero-order valence-corrected chi connectivity index (χ0v) is 11.1. The number of benzene rings is 1. The third kappa shape index (κ3) is 6.48. The standard InChI is InChI=1S/C16H26O/c1-2-3-9-15-11-8-12-16(14-15)10-6-4-5-7-13-17/h8,11-12,14,17H,2-7,9-10,13H2,1H3. The van der Waals surface area contributed by atoms with E-state index in [1.165, 1.54) is 49.7 Å². The quantitative estimate of drug-likeness (QED) is 0.637. The van der Waals surface area contributed by atoms with Crippen LogP contribution < -0.4 is 0 Å². The number of aryl methyl sites for hydroxylation is 2. The third-order valence-corrected chi connectivity index (χ3v) is 3.18. The summed E-state index contributed by atoms with van der Waals surface area (Å²) in [6, 6.07) is 9.03. The van der Waals surface area contributed by atoms with Crippen molar-refractivity contribution in [2.75, 3.05) is 6.61 Å². The van der Waals surface area contributed by atoms with Crippen molar-refractivity contribution in [2.45, 2.75) is 58.3 Å². The number of unbranched alkanes of at least 4 members (excludes halogenated alkanes) is 4. The molecule has 0 heterocycles. The van der Waals surface area contributed by atoms with Crippen LogP contribution in [0.5, 0.6) is 0 Å². The summed E-state index contributed by atoms with van der Waals surface area (Å²) in [6.07, 6.45) is 9.56. The van der Waals surface area contributed by atoms with Crippen LogP contribution in [0.1, 0.15) is 56.6 Å². The Balaban J connectivity index is 2.27. The molecule has 17 heavy (non-hydrogen) atoms. The monoisotopic (exact) mass is 234 g/mol. The van der Waals surface area contributed by atoms with E-state index in [1.54, 1.807) is 0 Å². The lowest BCUT2D eigenvalue weighted by atomic mass is 10.0.